The molecule has 2 aromatic rings. The predicted molar refractivity (Wildman–Crippen MR) is 105 cm³/mol. The van der Waals surface area contributed by atoms with Crippen LogP contribution in [0.3, 0.4) is 0 Å². The van der Waals surface area contributed by atoms with Crippen molar-refractivity contribution in [3.63, 3.8) is 0 Å². The molecule has 1 amide bonds. The average Bonchev–Trinajstić information content (AvgIpc) is 2.67. The molecule has 2 rings (SSSR count). The van der Waals surface area contributed by atoms with Crippen molar-refractivity contribution in [3.8, 4) is 11.5 Å². The molecule has 0 aliphatic carbocycles. The van der Waals surface area contributed by atoms with Crippen LogP contribution >= 0.6 is 0 Å². The first-order valence-corrected chi connectivity index (χ1v) is 9.19. The molecule has 0 saturated heterocycles. The molecule has 0 fully saturated rings. The molecular weight excluding hydrogens is 326 g/mol. The van der Waals surface area contributed by atoms with Gasteiger partial charge in [0.2, 0.25) is 5.91 Å². The molecule has 26 heavy (non-hydrogen) atoms. The lowest BCUT2D eigenvalue weighted by molar-refractivity contribution is -0.120. The van der Waals surface area contributed by atoms with Gasteiger partial charge in [0.25, 0.3) is 0 Å². The smallest absolute Gasteiger partial charge is 0.224 e. The van der Waals surface area contributed by atoms with E-state index in [4.69, 9.17) is 9.47 Å². The summed E-state index contributed by atoms with van der Waals surface area (Å²) >= 11 is 0. The van der Waals surface area contributed by atoms with Crippen LogP contribution in [0, 0.1) is 0 Å². The van der Waals surface area contributed by atoms with E-state index in [-0.39, 0.29) is 5.91 Å². The van der Waals surface area contributed by atoms with Gasteiger partial charge >= 0.3 is 0 Å². The molecular formula is C22H29NO3. The standard InChI is InChI=1S/C22H29NO3/c1-5-18-9-7-17(13-19(18)6-2)15-22(24)23-12-11-16-8-10-20(25-3)21(14-16)26-4/h7-10,13-14H,5-6,11-12,15H2,1-4H3,(H,23,24). The molecule has 0 aliphatic heterocycles. The molecule has 0 aromatic heterocycles. The van der Waals surface area contributed by atoms with E-state index in [1.165, 1.54) is 11.1 Å². The Morgan fingerprint density at radius 3 is 2.23 bits per heavy atom. The first kappa shape index (κ1) is 19.8. The van der Waals surface area contributed by atoms with Crippen LogP contribution in [-0.2, 0) is 30.5 Å². The molecule has 0 radical (unpaired) electrons. The first-order valence-electron chi connectivity index (χ1n) is 9.19. The number of hydrogen-bond acceptors (Lipinski definition) is 3. The van der Waals surface area contributed by atoms with Crippen LogP contribution in [0.15, 0.2) is 36.4 Å². The summed E-state index contributed by atoms with van der Waals surface area (Å²) in [5.74, 6) is 1.47. The van der Waals surface area contributed by atoms with E-state index in [1.54, 1.807) is 14.2 Å². The van der Waals surface area contributed by atoms with Gasteiger partial charge in [-0.2, -0.15) is 0 Å². The van der Waals surface area contributed by atoms with Gasteiger partial charge in [-0.3, -0.25) is 4.79 Å². The molecule has 0 spiro atoms. The number of methoxy groups -OCH3 is 2. The minimum atomic E-state index is 0.0526. The maximum atomic E-state index is 12.2. The van der Waals surface area contributed by atoms with E-state index >= 15 is 0 Å². The van der Waals surface area contributed by atoms with E-state index in [0.717, 1.165) is 30.4 Å². The van der Waals surface area contributed by atoms with Gasteiger partial charge in [-0.25, -0.2) is 0 Å². The second-order valence-electron chi connectivity index (χ2n) is 6.28. The lowest BCUT2D eigenvalue weighted by Gasteiger charge is -2.11. The minimum absolute atomic E-state index is 0.0526. The predicted octanol–water partition coefficient (Wildman–Crippen LogP) is 3.73. The van der Waals surface area contributed by atoms with Gasteiger partial charge in [-0.05, 0) is 53.6 Å². The van der Waals surface area contributed by atoms with Crippen LogP contribution in [0.2, 0.25) is 0 Å². The molecule has 0 bridgehead atoms. The van der Waals surface area contributed by atoms with E-state index < -0.39 is 0 Å². The third-order valence-corrected chi connectivity index (χ3v) is 4.58. The Morgan fingerprint density at radius 1 is 0.885 bits per heavy atom. The number of nitrogens with one attached hydrogen (secondary N) is 1. The summed E-state index contributed by atoms with van der Waals surface area (Å²) in [6.45, 7) is 4.92. The number of amides is 1. The van der Waals surface area contributed by atoms with Crippen LogP contribution < -0.4 is 14.8 Å². The number of rotatable bonds is 9. The summed E-state index contributed by atoms with van der Waals surface area (Å²) in [6, 6.07) is 12.2. The summed E-state index contributed by atoms with van der Waals surface area (Å²) < 4.78 is 10.6. The molecule has 0 heterocycles. The van der Waals surface area contributed by atoms with Crippen molar-refractivity contribution in [2.45, 2.75) is 39.5 Å². The fourth-order valence-corrected chi connectivity index (χ4v) is 3.09. The zero-order chi connectivity index (χ0) is 18.9. The van der Waals surface area contributed by atoms with Crippen molar-refractivity contribution >= 4 is 5.91 Å². The van der Waals surface area contributed by atoms with Crippen LogP contribution in [0.25, 0.3) is 0 Å². The SMILES string of the molecule is CCc1ccc(CC(=O)NCCc2ccc(OC)c(OC)c2)cc1CC. The van der Waals surface area contributed by atoms with Gasteiger partial charge in [0.1, 0.15) is 0 Å². The minimum Gasteiger partial charge on any atom is -0.493 e. The van der Waals surface area contributed by atoms with Gasteiger partial charge in [0, 0.05) is 6.54 Å². The topological polar surface area (TPSA) is 47.6 Å². The van der Waals surface area contributed by atoms with Gasteiger partial charge in [0.15, 0.2) is 11.5 Å². The van der Waals surface area contributed by atoms with Crippen molar-refractivity contribution < 1.29 is 14.3 Å². The second-order valence-corrected chi connectivity index (χ2v) is 6.28. The third kappa shape index (κ3) is 5.25. The van der Waals surface area contributed by atoms with Crippen LogP contribution in [-0.4, -0.2) is 26.7 Å². The van der Waals surface area contributed by atoms with Gasteiger partial charge < -0.3 is 14.8 Å². The van der Waals surface area contributed by atoms with Gasteiger partial charge in [-0.1, -0.05) is 38.1 Å². The maximum absolute atomic E-state index is 12.2. The van der Waals surface area contributed by atoms with Crippen molar-refractivity contribution in [2.24, 2.45) is 0 Å². The fourth-order valence-electron chi connectivity index (χ4n) is 3.09. The Morgan fingerprint density at radius 2 is 1.58 bits per heavy atom. The molecule has 0 atom stereocenters. The van der Waals surface area contributed by atoms with E-state index in [1.807, 2.05) is 18.2 Å². The Hall–Kier alpha value is -2.49. The van der Waals surface area contributed by atoms with Crippen molar-refractivity contribution in [1.29, 1.82) is 0 Å². The van der Waals surface area contributed by atoms with Crippen LogP contribution in [0.1, 0.15) is 36.1 Å². The highest BCUT2D eigenvalue weighted by Gasteiger charge is 2.08. The molecule has 0 unspecified atom stereocenters. The summed E-state index contributed by atoms with van der Waals surface area (Å²) in [4.78, 5) is 12.2. The van der Waals surface area contributed by atoms with Gasteiger partial charge in [-0.15, -0.1) is 0 Å². The second kappa shape index (κ2) is 9.85. The largest absolute Gasteiger partial charge is 0.493 e. The highest BCUT2D eigenvalue weighted by Crippen LogP contribution is 2.27. The van der Waals surface area contributed by atoms with Crippen LogP contribution in [0.4, 0.5) is 0 Å². The molecule has 0 aliphatic rings. The molecule has 0 saturated carbocycles. The van der Waals surface area contributed by atoms with Gasteiger partial charge in [0.05, 0.1) is 20.6 Å². The van der Waals surface area contributed by atoms with E-state index in [2.05, 4.69) is 37.4 Å². The average molecular weight is 355 g/mol. The summed E-state index contributed by atoms with van der Waals surface area (Å²) in [5.41, 5.74) is 4.87. The lowest BCUT2D eigenvalue weighted by Crippen LogP contribution is -2.27. The first-order chi connectivity index (χ1) is 12.6. The Bertz CT molecular complexity index is 740. The molecule has 4 heteroatoms. The van der Waals surface area contributed by atoms with E-state index in [0.29, 0.717) is 24.5 Å². The van der Waals surface area contributed by atoms with Crippen molar-refractivity contribution in [2.75, 3.05) is 20.8 Å². The Kier molecular flexibility index (Phi) is 7.52. The summed E-state index contributed by atoms with van der Waals surface area (Å²) in [7, 11) is 3.24. The fraction of sp³-hybridized carbons (Fsp3) is 0.409. The number of benzene rings is 2. The number of carbonyl (C=O) groups excluding carboxylic acids is 1. The number of ether oxygens (including phenoxy) is 2. The monoisotopic (exact) mass is 355 g/mol. The number of hydrogen-bond donors (Lipinski definition) is 1. The third-order valence-electron chi connectivity index (χ3n) is 4.58. The highest BCUT2D eigenvalue weighted by molar-refractivity contribution is 5.78. The maximum Gasteiger partial charge on any atom is 0.224 e. The van der Waals surface area contributed by atoms with Crippen molar-refractivity contribution in [1.82, 2.24) is 5.32 Å². The summed E-state index contributed by atoms with van der Waals surface area (Å²) in [6.07, 6.45) is 3.20. The highest BCUT2D eigenvalue weighted by atomic mass is 16.5. The zero-order valence-corrected chi connectivity index (χ0v) is 16.2. The zero-order valence-electron chi connectivity index (χ0n) is 16.2. The molecule has 140 valence electrons. The van der Waals surface area contributed by atoms with Crippen LogP contribution in [0.5, 0.6) is 11.5 Å². The quantitative estimate of drug-likeness (QED) is 0.745. The molecule has 1 N–H and O–H groups in total. The van der Waals surface area contributed by atoms with Crippen molar-refractivity contribution in [3.05, 3.63) is 58.7 Å². The summed E-state index contributed by atoms with van der Waals surface area (Å²) in [5, 5.41) is 3.00. The Balaban J connectivity index is 1.87. The Labute approximate surface area is 156 Å². The van der Waals surface area contributed by atoms with E-state index in [9.17, 15) is 4.79 Å². The molecule has 4 nitrogen and oxygen atoms in total. The number of aryl methyl sites for hydroxylation is 2. The normalized spacial score (nSPS) is 10.5. The number of carbonyl (C=O) groups is 1. The molecule has 2 aromatic carbocycles. The lowest BCUT2D eigenvalue weighted by atomic mass is 9.98.